The molecule has 132 valence electrons. The Kier molecular flexibility index (Phi) is 5.50. The van der Waals surface area contributed by atoms with Gasteiger partial charge in [-0.3, -0.25) is 14.9 Å². The van der Waals surface area contributed by atoms with Crippen molar-refractivity contribution in [2.75, 3.05) is 7.05 Å². The minimum Gasteiger partial charge on any atom is -0.480 e. The van der Waals surface area contributed by atoms with Crippen LogP contribution in [0.1, 0.15) is 5.56 Å². The highest BCUT2D eigenvalue weighted by atomic mass is 32.2. The van der Waals surface area contributed by atoms with Crippen LogP contribution >= 0.6 is 0 Å². The zero-order valence-electron chi connectivity index (χ0n) is 13.3. The van der Waals surface area contributed by atoms with E-state index in [4.69, 9.17) is 0 Å². The molecular weight excluding hydrogens is 348 g/mol. The summed E-state index contributed by atoms with van der Waals surface area (Å²) >= 11 is 0. The smallest absolute Gasteiger partial charge is 0.322 e. The Balaban J connectivity index is 2.34. The van der Waals surface area contributed by atoms with Crippen LogP contribution in [-0.2, 0) is 21.2 Å². The topological polar surface area (TPSA) is 118 Å². The van der Waals surface area contributed by atoms with Gasteiger partial charge in [-0.15, -0.1) is 0 Å². The number of hydrogen-bond donors (Lipinski definition) is 1. The summed E-state index contributed by atoms with van der Waals surface area (Å²) in [6, 6.07) is 11.5. The Morgan fingerprint density at radius 3 is 2.40 bits per heavy atom. The molecule has 0 aromatic heterocycles. The summed E-state index contributed by atoms with van der Waals surface area (Å²) in [6.45, 7) is 0. The fourth-order valence-corrected chi connectivity index (χ4v) is 3.65. The average molecular weight is 364 g/mol. The molecule has 2 aromatic carbocycles. The molecule has 1 atom stereocenters. The van der Waals surface area contributed by atoms with Gasteiger partial charge in [-0.05, 0) is 24.1 Å². The Hall–Kier alpha value is -2.78. The van der Waals surface area contributed by atoms with E-state index >= 15 is 0 Å². The van der Waals surface area contributed by atoms with Gasteiger partial charge in [0.15, 0.2) is 0 Å². The maximum absolute atomic E-state index is 12.6. The molecule has 1 N–H and O–H groups in total. The fraction of sp³-hybridized carbons (Fsp3) is 0.188. The second-order valence-electron chi connectivity index (χ2n) is 5.32. The highest BCUT2D eigenvalue weighted by molar-refractivity contribution is 7.89. The lowest BCUT2D eigenvalue weighted by Gasteiger charge is -2.24. The van der Waals surface area contributed by atoms with Crippen molar-refractivity contribution in [3.63, 3.8) is 0 Å². The van der Waals surface area contributed by atoms with Gasteiger partial charge >= 0.3 is 5.97 Å². The third-order valence-corrected chi connectivity index (χ3v) is 5.58. The maximum atomic E-state index is 12.6. The van der Waals surface area contributed by atoms with E-state index in [2.05, 4.69) is 0 Å². The number of nitro benzene ring substituents is 1. The predicted molar refractivity (Wildman–Crippen MR) is 89.6 cm³/mol. The van der Waals surface area contributed by atoms with Crippen LogP contribution in [0.5, 0.6) is 0 Å². The molecule has 0 aliphatic rings. The maximum Gasteiger partial charge on any atom is 0.322 e. The van der Waals surface area contributed by atoms with Crippen LogP contribution in [0.2, 0.25) is 0 Å². The van der Waals surface area contributed by atoms with Crippen LogP contribution in [-0.4, -0.2) is 41.8 Å². The van der Waals surface area contributed by atoms with Crippen LogP contribution in [0.25, 0.3) is 0 Å². The van der Waals surface area contributed by atoms with Crippen molar-refractivity contribution in [1.82, 2.24) is 4.31 Å². The van der Waals surface area contributed by atoms with Crippen molar-refractivity contribution < 1.29 is 23.2 Å². The number of hydrogen-bond acceptors (Lipinski definition) is 5. The number of non-ortho nitro benzene ring substituents is 1. The van der Waals surface area contributed by atoms with Crippen LogP contribution in [0.4, 0.5) is 5.69 Å². The summed E-state index contributed by atoms with van der Waals surface area (Å²) in [6.07, 6.45) is -0.195. The number of carbonyl (C=O) groups is 1. The van der Waals surface area contributed by atoms with Crippen molar-refractivity contribution in [1.29, 1.82) is 0 Å². The lowest BCUT2D eigenvalue weighted by Crippen LogP contribution is -2.43. The Morgan fingerprint density at radius 2 is 1.84 bits per heavy atom. The first kappa shape index (κ1) is 18.6. The summed E-state index contributed by atoms with van der Waals surface area (Å²) < 4.78 is 26.0. The van der Waals surface area contributed by atoms with E-state index in [1.165, 1.54) is 55.6 Å². The van der Waals surface area contributed by atoms with Gasteiger partial charge < -0.3 is 5.11 Å². The number of nitro groups is 1. The van der Waals surface area contributed by atoms with Crippen LogP contribution in [0.3, 0.4) is 0 Å². The molecule has 0 unspecified atom stereocenters. The molecule has 0 saturated carbocycles. The third kappa shape index (κ3) is 4.20. The first-order valence-corrected chi connectivity index (χ1v) is 8.66. The molecule has 2 rings (SSSR count). The van der Waals surface area contributed by atoms with Crippen molar-refractivity contribution in [2.45, 2.75) is 17.4 Å². The van der Waals surface area contributed by atoms with E-state index in [0.29, 0.717) is 5.56 Å². The Labute approximate surface area is 144 Å². The Bertz CT molecular complexity index is 883. The number of nitrogens with zero attached hydrogens (tertiary/aromatic N) is 2. The van der Waals surface area contributed by atoms with Gasteiger partial charge in [0.05, 0.1) is 9.82 Å². The SMILES string of the molecule is CN([C@H](Cc1cccc([N+](=O)[O-])c1)C(=O)O)S(=O)(=O)c1ccccc1. The van der Waals surface area contributed by atoms with E-state index in [-0.39, 0.29) is 17.0 Å². The molecule has 0 aliphatic heterocycles. The van der Waals surface area contributed by atoms with Gasteiger partial charge in [-0.25, -0.2) is 8.42 Å². The van der Waals surface area contributed by atoms with Gasteiger partial charge in [-0.1, -0.05) is 30.3 Å². The van der Waals surface area contributed by atoms with Gasteiger partial charge in [0.2, 0.25) is 10.0 Å². The van der Waals surface area contributed by atoms with Gasteiger partial charge in [0.25, 0.3) is 5.69 Å². The molecule has 0 radical (unpaired) electrons. The zero-order valence-corrected chi connectivity index (χ0v) is 14.1. The highest BCUT2D eigenvalue weighted by Crippen LogP contribution is 2.20. The molecule has 8 nitrogen and oxygen atoms in total. The van der Waals surface area contributed by atoms with Gasteiger partial charge in [0.1, 0.15) is 6.04 Å². The molecule has 0 amide bonds. The van der Waals surface area contributed by atoms with Crippen LogP contribution < -0.4 is 0 Å². The average Bonchev–Trinajstić information content (AvgIpc) is 2.59. The fourth-order valence-electron chi connectivity index (χ4n) is 2.32. The number of benzene rings is 2. The summed E-state index contributed by atoms with van der Waals surface area (Å²) in [5.41, 5.74) is 0.173. The molecule has 25 heavy (non-hydrogen) atoms. The summed E-state index contributed by atoms with van der Waals surface area (Å²) in [7, 11) is -2.83. The van der Waals surface area contributed by atoms with E-state index in [0.717, 1.165) is 4.31 Å². The number of carboxylic acids is 1. The van der Waals surface area contributed by atoms with Crippen molar-refractivity contribution in [3.8, 4) is 0 Å². The molecule has 0 fully saturated rings. The van der Waals surface area contributed by atoms with Crippen LogP contribution in [0.15, 0.2) is 59.5 Å². The Morgan fingerprint density at radius 1 is 1.20 bits per heavy atom. The normalized spacial score (nSPS) is 12.7. The van der Waals surface area contributed by atoms with E-state index in [1.807, 2.05) is 0 Å². The summed E-state index contributed by atoms with van der Waals surface area (Å²) in [5, 5.41) is 20.3. The molecule has 0 heterocycles. The number of likely N-dealkylation sites (N-methyl/N-ethyl adjacent to an activating group) is 1. The quantitative estimate of drug-likeness (QED) is 0.592. The minimum absolute atomic E-state index is 0.0252. The second-order valence-corrected chi connectivity index (χ2v) is 7.32. The molecule has 2 aromatic rings. The van der Waals surface area contributed by atoms with E-state index < -0.39 is 27.0 Å². The van der Waals surface area contributed by atoms with Gasteiger partial charge in [-0.2, -0.15) is 4.31 Å². The largest absolute Gasteiger partial charge is 0.480 e. The third-order valence-electron chi connectivity index (χ3n) is 3.69. The number of sulfonamides is 1. The molecular formula is C16H16N2O6S. The number of carboxylic acid groups (broad SMARTS) is 1. The number of aliphatic carboxylic acids is 1. The molecule has 9 heteroatoms. The predicted octanol–water partition coefficient (Wildman–Crippen LogP) is 1.91. The van der Waals surface area contributed by atoms with Gasteiger partial charge in [0, 0.05) is 19.2 Å². The highest BCUT2D eigenvalue weighted by Gasteiger charge is 2.33. The van der Waals surface area contributed by atoms with Crippen molar-refractivity contribution >= 4 is 21.7 Å². The lowest BCUT2D eigenvalue weighted by molar-refractivity contribution is -0.384. The summed E-state index contributed by atoms with van der Waals surface area (Å²) in [4.78, 5) is 21.8. The molecule has 0 saturated heterocycles. The minimum atomic E-state index is -4.01. The number of rotatable bonds is 7. The summed E-state index contributed by atoms with van der Waals surface area (Å²) in [5.74, 6) is -1.34. The monoisotopic (exact) mass is 364 g/mol. The lowest BCUT2D eigenvalue weighted by atomic mass is 10.1. The first-order valence-electron chi connectivity index (χ1n) is 7.22. The second kappa shape index (κ2) is 7.41. The molecule has 0 bridgehead atoms. The van der Waals surface area contributed by atoms with Crippen LogP contribution in [0, 0.1) is 10.1 Å². The van der Waals surface area contributed by atoms with Crippen molar-refractivity contribution in [2.24, 2.45) is 0 Å². The molecule has 0 aliphatic carbocycles. The first-order chi connectivity index (χ1) is 11.7. The molecule has 0 spiro atoms. The van der Waals surface area contributed by atoms with E-state index in [9.17, 15) is 28.4 Å². The van der Waals surface area contributed by atoms with Crippen molar-refractivity contribution in [3.05, 3.63) is 70.3 Å². The zero-order chi connectivity index (χ0) is 18.6. The standard InChI is InChI=1S/C16H16N2O6S/c1-17(25(23,24)14-8-3-2-4-9-14)15(16(19)20)11-12-6-5-7-13(10-12)18(21)22/h2-10,15H,11H2,1H3,(H,19,20)/t15-/m1/s1. The van der Waals surface area contributed by atoms with E-state index in [1.54, 1.807) is 6.07 Å².